The van der Waals surface area contributed by atoms with Gasteiger partial charge in [0.05, 0.1) is 5.56 Å². The lowest BCUT2D eigenvalue weighted by Gasteiger charge is -2.14. The van der Waals surface area contributed by atoms with Crippen molar-refractivity contribution in [2.45, 2.75) is 26.7 Å². The van der Waals surface area contributed by atoms with Gasteiger partial charge >= 0.3 is 0 Å². The summed E-state index contributed by atoms with van der Waals surface area (Å²) in [5.41, 5.74) is 2.69. The summed E-state index contributed by atoms with van der Waals surface area (Å²) in [6.45, 7) is 5.94. The van der Waals surface area contributed by atoms with Gasteiger partial charge in [-0.2, -0.15) is 0 Å². The van der Waals surface area contributed by atoms with Crippen molar-refractivity contribution in [3.8, 4) is 0 Å². The lowest BCUT2D eigenvalue weighted by atomic mass is 10.0. The van der Waals surface area contributed by atoms with Crippen molar-refractivity contribution in [3.63, 3.8) is 0 Å². The molecule has 0 radical (unpaired) electrons. The zero-order valence-electron chi connectivity index (χ0n) is 11.9. The SMILES string of the molecule is Cc1ccc(F)c(C(=O)Nc2ccccc2C(C)C)c1. The molecule has 0 unspecified atom stereocenters. The van der Waals surface area contributed by atoms with E-state index >= 15 is 0 Å². The molecule has 0 bridgehead atoms. The molecule has 0 saturated carbocycles. The number of benzene rings is 2. The first kappa shape index (κ1) is 14.3. The van der Waals surface area contributed by atoms with Crippen LogP contribution < -0.4 is 5.32 Å². The molecule has 0 aliphatic rings. The van der Waals surface area contributed by atoms with Crippen LogP contribution in [0.1, 0.15) is 41.3 Å². The van der Waals surface area contributed by atoms with Gasteiger partial charge in [-0.05, 0) is 36.6 Å². The molecule has 104 valence electrons. The van der Waals surface area contributed by atoms with Gasteiger partial charge in [0, 0.05) is 5.69 Å². The molecule has 1 amide bonds. The average molecular weight is 271 g/mol. The van der Waals surface area contributed by atoms with E-state index in [9.17, 15) is 9.18 Å². The van der Waals surface area contributed by atoms with E-state index in [2.05, 4.69) is 19.2 Å². The van der Waals surface area contributed by atoms with Gasteiger partial charge in [0.2, 0.25) is 0 Å². The molecule has 0 aromatic heterocycles. The summed E-state index contributed by atoms with van der Waals surface area (Å²) < 4.78 is 13.7. The summed E-state index contributed by atoms with van der Waals surface area (Å²) in [4.78, 5) is 12.2. The van der Waals surface area contributed by atoms with Crippen LogP contribution in [0.4, 0.5) is 10.1 Å². The number of aryl methyl sites for hydroxylation is 1. The number of amides is 1. The largest absolute Gasteiger partial charge is 0.322 e. The molecule has 2 rings (SSSR count). The topological polar surface area (TPSA) is 29.1 Å². The zero-order chi connectivity index (χ0) is 14.7. The normalized spacial score (nSPS) is 10.7. The predicted molar refractivity (Wildman–Crippen MR) is 79.6 cm³/mol. The van der Waals surface area contributed by atoms with Crippen molar-refractivity contribution in [2.75, 3.05) is 5.32 Å². The van der Waals surface area contributed by atoms with Gasteiger partial charge in [0.15, 0.2) is 0 Å². The minimum atomic E-state index is -0.505. The number of carbonyl (C=O) groups is 1. The van der Waals surface area contributed by atoms with E-state index in [1.54, 1.807) is 12.1 Å². The first-order valence-electron chi connectivity index (χ1n) is 6.65. The summed E-state index contributed by atoms with van der Waals surface area (Å²) >= 11 is 0. The maximum Gasteiger partial charge on any atom is 0.258 e. The number of carbonyl (C=O) groups excluding carboxylic acids is 1. The molecule has 0 atom stereocenters. The first-order valence-corrected chi connectivity index (χ1v) is 6.65. The fraction of sp³-hybridized carbons (Fsp3) is 0.235. The van der Waals surface area contributed by atoms with E-state index in [1.165, 1.54) is 6.07 Å². The summed E-state index contributed by atoms with van der Waals surface area (Å²) in [5.74, 6) is -0.636. The molecule has 2 aromatic carbocycles. The Morgan fingerprint density at radius 2 is 1.85 bits per heavy atom. The van der Waals surface area contributed by atoms with Crippen LogP contribution in [-0.4, -0.2) is 5.91 Å². The molecule has 3 heteroatoms. The van der Waals surface area contributed by atoms with Gasteiger partial charge < -0.3 is 5.32 Å². The Hall–Kier alpha value is -2.16. The van der Waals surface area contributed by atoms with Gasteiger partial charge in [0.1, 0.15) is 5.82 Å². The molecule has 0 aliphatic heterocycles. The van der Waals surface area contributed by atoms with Gasteiger partial charge in [-0.3, -0.25) is 4.79 Å². The summed E-state index contributed by atoms with van der Waals surface area (Å²) in [5, 5.41) is 2.80. The number of nitrogens with one attached hydrogen (secondary N) is 1. The van der Waals surface area contributed by atoms with Crippen LogP contribution in [0.2, 0.25) is 0 Å². The number of para-hydroxylation sites is 1. The van der Waals surface area contributed by atoms with E-state index in [0.29, 0.717) is 0 Å². The zero-order valence-corrected chi connectivity index (χ0v) is 11.9. The third-order valence-corrected chi connectivity index (χ3v) is 3.20. The standard InChI is InChI=1S/C17H18FNO/c1-11(2)13-6-4-5-7-16(13)19-17(20)14-10-12(3)8-9-15(14)18/h4-11H,1-3H3,(H,19,20). The Morgan fingerprint density at radius 3 is 2.55 bits per heavy atom. The second kappa shape index (κ2) is 5.87. The fourth-order valence-electron chi connectivity index (χ4n) is 2.12. The van der Waals surface area contributed by atoms with Crippen LogP contribution >= 0.6 is 0 Å². The van der Waals surface area contributed by atoms with Crippen LogP contribution in [0.25, 0.3) is 0 Å². The van der Waals surface area contributed by atoms with E-state index in [0.717, 1.165) is 16.8 Å². The molecular formula is C17H18FNO. The molecule has 2 aromatic rings. The average Bonchev–Trinajstić information content (AvgIpc) is 2.41. The Kier molecular flexibility index (Phi) is 4.18. The molecule has 0 fully saturated rings. The third kappa shape index (κ3) is 3.05. The second-order valence-electron chi connectivity index (χ2n) is 5.18. The van der Waals surface area contributed by atoms with Crippen molar-refractivity contribution in [3.05, 3.63) is 65.0 Å². The Morgan fingerprint density at radius 1 is 1.15 bits per heavy atom. The van der Waals surface area contributed by atoms with Crippen molar-refractivity contribution < 1.29 is 9.18 Å². The summed E-state index contributed by atoms with van der Waals surface area (Å²) in [7, 11) is 0. The maximum absolute atomic E-state index is 13.7. The number of hydrogen-bond acceptors (Lipinski definition) is 1. The molecule has 2 nitrogen and oxygen atoms in total. The highest BCUT2D eigenvalue weighted by atomic mass is 19.1. The lowest BCUT2D eigenvalue weighted by molar-refractivity contribution is 0.102. The van der Waals surface area contributed by atoms with Crippen LogP contribution in [0, 0.1) is 12.7 Å². The predicted octanol–water partition coefficient (Wildman–Crippen LogP) is 4.51. The van der Waals surface area contributed by atoms with E-state index < -0.39 is 11.7 Å². The number of anilines is 1. The van der Waals surface area contributed by atoms with E-state index in [4.69, 9.17) is 0 Å². The molecular weight excluding hydrogens is 253 g/mol. The lowest BCUT2D eigenvalue weighted by Crippen LogP contribution is -2.15. The minimum Gasteiger partial charge on any atom is -0.322 e. The molecule has 0 spiro atoms. The van der Waals surface area contributed by atoms with Gasteiger partial charge in [-0.1, -0.05) is 43.7 Å². The minimum absolute atomic E-state index is 0.0727. The van der Waals surface area contributed by atoms with Crippen LogP contribution in [0.5, 0.6) is 0 Å². The van der Waals surface area contributed by atoms with Gasteiger partial charge in [0.25, 0.3) is 5.91 Å². The summed E-state index contributed by atoms with van der Waals surface area (Å²) in [6, 6.07) is 12.1. The first-order chi connectivity index (χ1) is 9.49. The quantitative estimate of drug-likeness (QED) is 0.874. The smallest absolute Gasteiger partial charge is 0.258 e. The Labute approximate surface area is 118 Å². The van der Waals surface area contributed by atoms with E-state index in [-0.39, 0.29) is 11.5 Å². The number of rotatable bonds is 3. The molecule has 20 heavy (non-hydrogen) atoms. The van der Waals surface area contributed by atoms with Gasteiger partial charge in [-0.25, -0.2) is 4.39 Å². The van der Waals surface area contributed by atoms with Crippen LogP contribution in [-0.2, 0) is 0 Å². The second-order valence-corrected chi connectivity index (χ2v) is 5.18. The van der Waals surface area contributed by atoms with Crippen molar-refractivity contribution >= 4 is 11.6 Å². The third-order valence-electron chi connectivity index (χ3n) is 3.20. The molecule has 1 N–H and O–H groups in total. The Bertz CT molecular complexity index is 635. The summed E-state index contributed by atoms with van der Waals surface area (Å²) in [6.07, 6.45) is 0. The van der Waals surface area contributed by atoms with Crippen molar-refractivity contribution in [1.82, 2.24) is 0 Å². The Balaban J connectivity index is 2.31. The highest BCUT2D eigenvalue weighted by Gasteiger charge is 2.14. The molecule has 0 heterocycles. The van der Waals surface area contributed by atoms with Gasteiger partial charge in [-0.15, -0.1) is 0 Å². The number of hydrogen-bond donors (Lipinski definition) is 1. The number of halogens is 1. The maximum atomic E-state index is 13.7. The molecule has 0 aliphatic carbocycles. The van der Waals surface area contributed by atoms with Crippen molar-refractivity contribution in [2.24, 2.45) is 0 Å². The fourth-order valence-corrected chi connectivity index (χ4v) is 2.12. The highest BCUT2D eigenvalue weighted by Crippen LogP contribution is 2.24. The van der Waals surface area contributed by atoms with Crippen molar-refractivity contribution in [1.29, 1.82) is 0 Å². The van der Waals surface area contributed by atoms with Crippen LogP contribution in [0.15, 0.2) is 42.5 Å². The monoisotopic (exact) mass is 271 g/mol. The molecule has 0 saturated heterocycles. The van der Waals surface area contributed by atoms with Crippen LogP contribution in [0.3, 0.4) is 0 Å². The highest BCUT2D eigenvalue weighted by molar-refractivity contribution is 6.05. The van der Waals surface area contributed by atoms with E-state index in [1.807, 2.05) is 31.2 Å².